The molecule has 2 saturated carbocycles. The predicted octanol–water partition coefficient (Wildman–Crippen LogP) is 7.23. The van der Waals surface area contributed by atoms with Crippen LogP contribution in [0.3, 0.4) is 0 Å². The third-order valence-corrected chi connectivity index (χ3v) is 10.5. The number of hydrogen-bond acceptors (Lipinski definition) is 2. The lowest BCUT2D eigenvalue weighted by molar-refractivity contribution is -0.228. The highest BCUT2D eigenvalue weighted by Crippen LogP contribution is 2.52. The molecule has 41 heavy (non-hydrogen) atoms. The van der Waals surface area contributed by atoms with Gasteiger partial charge in [0, 0.05) is 23.9 Å². The van der Waals surface area contributed by atoms with E-state index in [1.54, 1.807) is 6.07 Å². The van der Waals surface area contributed by atoms with Crippen molar-refractivity contribution in [3.8, 4) is 0 Å². The van der Waals surface area contributed by atoms with Crippen LogP contribution in [0.4, 0.5) is 17.6 Å². The Bertz CT molecular complexity index is 1320. The minimum Gasteiger partial charge on any atom is -0.481 e. The Morgan fingerprint density at radius 1 is 0.927 bits per heavy atom. The smallest absolute Gasteiger partial charge is 0.426 e. The van der Waals surface area contributed by atoms with Crippen LogP contribution in [-0.2, 0) is 33.5 Å². The first kappa shape index (κ1) is 28.2. The van der Waals surface area contributed by atoms with Gasteiger partial charge in [0.1, 0.15) is 0 Å². The number of fused-ring (bicyclic) bond motifs is 3. The average Bonchev–Trinajstić information content (AvgIpc) is 3.73. The molecule has 0 spiro atoms. The standard InChI is InChI=1S/C33H37F4NO3/c1-31(34,33(35,36)37)26-13-14-27-25(18-26)12-15-28-32(27,19-20-2-4-21(5-3-20)22-6-7-22)16-17-38(28)29(39)23-8-10-24(11-9-23)30(40)41/h2-5,13-14,18,22-24,28H,6-12,15-17,19H2,1H3,(H,40,41)/t23-,24-,28?,31?,32?. The number of benzene rings is 2. The summed E-state index contributed by atoms with van der Waals surface area (Å²) in [7, 11) is 0. The van der Waals surface area contributed by atoms with Crippen LogP contribution in [0.1, 0.15) is 92.0 Å². The van der Waals surface area contributed by atoms with Gasteiger partial charge in [-0.05, 0) is 105 Å². The molecular weight excluding hydrogens is 534 g/mol. The maximum Gasteiger partial charge on any atom is 0.426 e. The maximum absolute atomic E-state index is 15.0. The van der Waals surface area contributed by atoms with Crippen LogP contribution < -0.4 is 0 Å². The molecular formula is C33H37F4NO3. The van der Waals surface area contributed by atoms with Crippen molar-refractivity contribution in [3.05, 3.63) is 70.3 Å². The summed E-state index contributed by atoms with van der Waals surface area (Å²) in [5.74, 6) is -0.713. The van der Waals surface area contributed by atoms with Crippen molar-refractivity contribution in [1.82, 2.24) is 4.90 Å². The molecule has 0 radical (unpaired) electrons. The minimum atomic E-state index is -5.02. The number of carboxylic acid groups (broad SMARTS) is 1. The van der Waals surface area contributed by atoms with Crippen molar-refractivity contribution in [1.29, 1.82) is 0 Å². The van der Waals surface area contributed by atoms with E-state index in [0.717, 1.165) is 16.7 Å². The fourth-order valence-electron chi connectivity index (χ4n) is 7.80. The number of nitrogens with zero attached hydrogens (tertiary/aromatic N) is 1. The van der Waals surface area contributed by atoms with Crippen LogP contribution in [0.25, 0.3) is 0 Å². The number of carbonyl (C=O) groups excluding carboxylic acids is 1. The van der Waals surface area contributed by atoms with Crippen molar-refractivity contribution in [2.75, 3.05) is 6.54 Å². The molecule has 0 aromatic heterocycles. The predicted molar refractivity (Wildman–Crippen MR) is 146 cm³/mol. The van der Waals surface area contributed by atoms with Gasteiger partial charge in [-0.25, -0.2) is 4.39 Å². The van der Waals surface area contributed by atoms with Crippen molar-refractivity contribution >= 4 is 11.9 Å². The van der Waals surface area contributed by atoms with E-state index in [1.165, 1.54) is 30.5 Å². The van der Waals surface area contributed by atoms with Gasteiger partial charge in [0.05, 0.1) is 5.92 Å². The van der Waals surface area contributed by atoms with Gasteiger partial charge in [0.15, 0.2) is 0 Å². The molecule has 2 aromatic rings. The lowest BCUT2D eigenvalue weighted by Gasteiger charge is -2.45. The van der Waals surface area contributed by atoms with Gasteiger partial charge in [-0.2, -0.15) is 13.2 Å². The number of carboxylic acids is 1. The lowest BCUT2D eigenvalue weighted by Crippen LogP contribution is -2.51. The zero-order valence-electron chi connectivity index (χ0n) is 23.4. The first-order valence-corrected chi connectivity index (χ1v) is 14.9. The number of amides is 1. The Hall–Kier alpha value is -2.90. The summed E-state index contributed by atoms with van der Waals surface area (Å²) in [6, 6.07) is 12.9. The monoisotopic (exact) mass is 571 g/mol. The number of alkyl halides is 4. The zero-order chi connectivity index (χ0) is 29.2. The second kappa shape index (κ2) is 10.1. The molecule has 1 saturated heterocycles. The van der Waals surface area contributed by atoms with Crippen molar-refractivity contribution < 1.29 is 32.3 Å². The first-order chi connectivity index (χ1) is 19.4. The van der Waals surface area contributed by atoms with Crippen LogP contribution in [0.15, 0.2) is 42.5 Å². The quantitative estimate of drug-likeness (QED) is 0.372. The topological polar surface area (TPSA) is 57.6 Å². The third kappa shape index (κ3) is 4.95. The van der Waals surface area contributed by atoms with Gasteiger partial charge < -0.3 is 10.0 Å². The molecule has 1 heterocycles. The van der Waals surface area contributed by atoms with Crippen molar-refractivity contribution in [3.63, 3.8) is 0 Å². The fraction of sp³-hybridized carbons (Fsp3) is 0.576. The van der Waals surface area contributed by atoms with Crippen LogP contribution >= 0.6 is 0 Å². The second-order valence-electron chi connectivity index (χ2n) is 12.9. The number of rotatable bonds is 6. The average molecular weight is 572 g/mol. The molecule has 4 nitrogen and oxygen atoms in total. The highest BCUT2D eigenvalue weighted by Gasteiger charge is 2.56. The number of likely N-dealkylation sites (tertiary alicyclic amines) is 1. The zero-order valence-corrected chi connectivity index (χ0v) is 23.4. The highest BCUT2D eigenvalue weighted by molar-refractivity contribution is 5.80. The van der Waals surface area contributed by atoms with E-state index in [2.05, 4.69) is 24.3 Å². The molecule has 1 N–H and O–H groups in total. The molecule has 4 aliphatic rings. The summed E-state index contributed by atoms with van der Waals surface area (Å²) in [5, 5.41) is 9.38. The van der Waals surface area contributed by atoms with E-state index in [1.807, 2.05) is 4.90 Å². The first-order valence-electron chi connectivity index (χ1n) is 14.9. The Labute approximate surface area is 238 Å². The molecule has 1 aliphatic heterocycles. The van der Waals surface area contributed by atoms with Crippen molar-refractivity contribution in [2.24, 2.45) is 11.8 Å². The van der Waals surface area contributed by atoms with E-state index >= 15 is 0 Å². The van der Waals surface area contributed by atoms with E-state index < -0.39 is 29.1 Å². The summed E-state index contributed by atoms with van der Waals surface area (Å²) < 4.78 is 55.6. The van der Waals surface area contributed by atoms with Gasteiger partial charge in [0.2, 0.25) is 11.6 Å². The maximum atomic E-state index is 15.0. The molecule has 0 bridgehead atoms. The summed E-state index contributed by atoms with van der Waals surface area (Å²) in [6.07, 6.45) is 1.90. The normalized spacial score (nSPS) is 29.4. The summed E-state index contributed by atoms with van der Waals surface area (Å²) in [4.78, 5) is 27.3. The van der Waals surface area contributed by atoms with Gasteiger partial charge >= 0.3 is 12.1 Å². The van der Waals surface area contributed by atoms with Gasteiger partial charge in [-0.15, -0.1) is 0 Å². The minimum absolute atomic E-state index is 0.0678. The van der Waals surface area contributed by atoms with Crippen LogP contribution in [-0.4, -0.2) is 40.6 Å². The molecule has 3 atom stereocenters. The van der Waals surface area contributed by atoms with E-state index in [0.29, 0.717) is 70.8 Å². The number of carbonyl (C=O) groups is 2. The third-order valence-electron chi connectivity index (χ3n) is 10.5. The molecule has 3 unspecified atom stereocenters. The van der Waals surface area contributed by atoms with Crippen LogP contribution in [0, 0.1) is 11.8 Å². The number of hydrogen-bond donors (Lipinski definition) is 1. The van der Waals surface area contributed by atoms with E-state index in [9.17, 15) is 32.3 Å². The van der Waals surface area contributed by atoms with Crippen LogP contribution in [0.5, 0.6) is 0 Å². The Kier molecular flexibility index (Phi) is 6.97. The van der Waals surface area contributed by atoms with Gasteiger partial charge in [-0.3, -0.25) is 9.59 Å². The largest absolute Gasteiger partial charge is 0.481 e. The van der Waals surface area contributed by atoms with Crippen molar-refractivity contribution in [2.45, 2.75) is 100 Å². The van der Waals surface area contributed by atoms with Gasteiger partial charge in [-0.1, -0.05) is 42.5 Å². The SMILES string of the molecule is CC(F)(c1ccc2c(c1)CCC1N(C(=O)[C@H]3CC[C@H](C(=O)O)CC3)CCC21Cc1ccc(C2CC2)cc1)C(F)(F)F. The molecule has 1 amide bonds. The Morgan fingerprint density at radius 2 is 1.59 bits per heavy atom. The molecule has 220 valence electrons. The molecule has 6 rings (SSSR count). The number of aliphatic carboxylic acids is 1. The van der Waals surface area contributed by atoms with E-state index in [4.69, 9.17) is 0 Å². The van der Waals surface area contributed by atoms with Crippen LogP contribution in [0.2, 0.25) is 0 Å². The summed E-state index contributed by atoms with van der Waals surface area (Å²) in [6.45, 7) is 1.12. The molecule has 8 heteroatoms. The summed E-state index contributed by atoms with van der Waals surface area (Å²) >= 11 is 0. The molecule has 3 fully saturated rings. The number of halogens is 4. The second-order valence-corrected chi connectivity index (χ2v) is 12.9. The Morgan fingerprint density at radius 3 is 2.20 bits per heavy atom. The lowest BCUT2D eigenvalue weighted by atomic mass is 9.63. The fourth-order valence-corrected chi connectivity index (χ4v) is 7.80. The highest BCUT2D eigenvalue weighted by atomic mass is 19.4. The molecule has 2 aromatic carbocycles. The van der Waals surface area contributed by atoms with Gasteiger partial charge in [0.25, 0.3) is 0 Å². The summed E-state index contributed by atoms with van der Waals surface area (Å²) in [5.41, 5.74) is -0.204. The number of aryl methyl sites for hydroxylation is 1. The Balaban J connectivity index is 1.33. The van der Waals surface area contributed by atoms with E-state index in [-0.39, 0.29) is 23.4 Å². The molecule has 3 aliphatic carbocycles.